The van der Waals surface area contributed by atoms with E-state index in [0.717, 1.165) is 6.42 Å². The first kappa shape index (κ1) is 16.0. The maximum Gasteiger partial charge on any atom is 0.303 e. The Labute approximate surface area is 117 Å². The molecule has 0 aromatic carbocycles. The summed E-state index contributed by atoms with van der Waals surface area (Å²) >= 11 is 0. The Hall–Kier alpha value is -1.05. The van der Waals surface area contributed by atoms with E-state index in [1.54, 1.807) is 0 Å². The summed E-state index contributed by atoms with van der Waals surface area (Å²) in [7, 11) is 0. The Kier molecular flexibility index (Phi) is 4.65. The summed E-state index contributed by atoms with van der Waals surface area (Å²) in [4.78, 5) is 10.8. The minimum atomic E-state index is -0.718. The summed E-state index contributed by atoms with van der Waals surface area (Å²) < 4.78 is 0. The smallest absolute Gasteiger partial charge is 0.303 e. The van der Waals surface area contributed by atoms with E-state index in [2.05, 4.69) is 53.7 Å². The molecule has 1 rings (SSSR count). The van der Waals surface area contributed by atoms with Gasteiger partial charge in [-0.15, -0.1) is 0 Å². The molecule has 1 atom stereocenters. The van der Waals surface area contributed by atoms with E-state index in [1.807, 2.05) is 0 Å². The van der Waals surface area contributed by atoms with E-state index >= 15 is 0 Å². The molecule has 1 aliphatic carbocycles. The number of aliphatic carboxylic acids is 1. The van der Waals surface area contributed by atoms with E-state index in [4.69, 9.17) is 5.11 Å². The van der Waals surface area contributed by atoms with Crippen LogP contribution in [0, 0.1) is 16.7 Å². The number of rotatable bonds is 3. The minimum absolute atomic E-state index is 0.159. The quantitative estimate of drug-likeness (QED) is 0.793. The summed E-state index contributed by atoms with van der Waals surface area (Å²) in [6.07, 6.45) is 6.46. The van der Waals surface area contributed by atoms with Crippen molar-refractivity contribution in [2.45, 2.75) is 60.8 Å². The highest BCUT2D eigenvalue weighted by Gasteiger charge is 2.30. The molecule has 2 nitrogen and oxygen atoms in total. The molecule has 0 radical (unpaired) electrons. The van der Waals surface area contributed by atoms with Crippen molar-refractivity contribution in [1.82, 2.24) is 0 Å². The summed E-state index contributed by atoms with van der Waals surface area (Å²) in [5.74, 6) is -0.222. The first-order valence-electron chi connectivity index (χ1n) is 7.13. The van der Waals surface area contributed by atoms with Crippen LogP contribution in [0.25, 0.3) is 0 Å². The molecule has 0 fully saturated rings. The van der Waals surface area contributed by atoms with Crippen molar-refractivity contribution in [3.05, 3.63) is 23.3 Å². The molecule has 0 aromatic rings. The topological polar surface area (TPSA) is 37.3 Å². The SMILES string of the molecule is CC(C)(C)C1=CC(CCC(=O)O)=CC(C(C)(C)C)C1. The monoisotopic (exact) mass is 264 g/mol. The second kappa shape index (κ2) is 5.52. The third-order valence-electron chi connectivity index (χ3n) is 3.92. The zero-order chi connectivity index (χ0) is 14.8. The van der Waals surface area contributed by atoms with Crippen molar-refractivity contribution >= 4 is 5.97 Å². The number of carboxylic acid groups (broad SMARTS) is 1. The van der Waals surface area contributed by atoms with Crippen molar-refractivity contribution in [2.24, 2.45) is 16.7 Å². The van der Waals surface area contributed by atoms with E-state index in [0.29, 0.717) is 12.3 Å². The van der Waals surface area contributed by atoms with Crippen molar-refractivity contribution in [3.63, 3.8) is 0 Å². The number of allylic oxidation sites excluding steroid dienone is 4. The van der Waals surface area contributed by atoms with Crippen LogP contribution >= 0.6 is 0 Å². The zero-order valence-corrected chi connectivity index (χ0v) is 13.2. The van der Waals surface area contributed by atoms with Gasteiger partial charge in [0.15, 0.2) is 0 Å². The van der Waals surface area contributed by atoms with Crippen LogP contribution in [0.2, 0.25) is 0 Å². The highest BCUT2D eigenvalue weighted by molar-refractivity contribution is 5.67. The van der Waals surface area contributed by atoms with Crippen molar-refractivity contribution in [3.8, 4) is 0 Å². The van der Waals surface area contributed by atoms with Crippen LogP contribution in [-0.4, -0.2) is 11.1 Å². The molecule has 1 unspecified atom stereocenters. The average Bonchev–Trinajstić information content (AvgIpc) is 2.23. The Morgan fingerprint density at radius 1 is 1.26 bits per heavy atom. The number of carbonyl (C=O) groups is 1. The van der Waals surface area contributed by atoms with E-state index in [-0.39, 0.29) is 17.3 Å². The molecule has 0 aliphatic heterocycles. The van der Waals surface area contributed by atoms with Crippen LogP contribution < -0.4 is 0 Å². The van der Waals surface area contributed by atoms with Gasteiger partial charge in [0.2, 0.25) is 0 Å². The second-order valence-electron chi connectivity index (χ2n) is 7.73. The van der Waals surface area contributed by atoms with Gasteiger partial charge in [-0.25, -0.2) is 0 Å². The third-order valence-corrected chi connectivity index (χ3v) is 3.92. The lowest BCUT2D eigenvalue weighted by atomic mass is 9.69. The number of hydrogen-bond acceptors (Lipinski definition) is 1. The summed E-state index contributed by atoms with van der Waals surface area (Å²) in [5.41, 5.74) is 3.01. The van der Waals surface area contributed by atoms with Gasteiger partial charge in [-0.05, 0) is 29.6 Å². The molecule has 0 bridgehead atoms. The molecule has 0 spiro atoms. The summed E-state index contributed by atoms with van der Waals surface area (Å²) in [6, 6.07) is 0. The molecule has 0 amide bonds. The molecule has 108 valence electrons. The fourth-order valence-electron chi connectivity index (χ4n) is 2.37. The molecule has 2 heteroatoms. The van der Waals surface area contributed by atoms with Crippen LogP contribution in [-0.2, 0) is 4.79 Å². The van der Waals surface area contributed by atoms with Crippen molar-refractivity contribution in [2.75, 3.05) is 0 Å². The van der Waals surface area contributed by atoms with Crippen molar-refractivity contribution in [1.29, 1.82) is 0 Å². The summed E-state index contributed by atoms with van der Waals surface area (Å²) in [5, 5.41) is 8.85. The predicted molar refractivity (Wildman–Crippen MR) is 80.1 cm³/mol. The molecule has 0 saturated carbocycles. The molecule has 1 aliphatic rings. The van der Waals surface area contributed by atoms with Crippen LogP contribution in [0.1, 0.15) is 60.8 Å². The lowest BCUT2D eigenvalue weighted by molar-refractivity contribution is -0.136. The lowest BCUT2D eigenvalue weighted by Crippen LogP contribution is -2.25. The van der Waals surface area contributed by atoms with Crippen molar-refractivity contribution < 1.29 is 9.90 Å². The Morgan fingerprint density at radius 2 is 1.84 bits per heavy atom. The number of hydrogen-bond donors (Lipinski definition) is 1. The molecule has 0 saturated heterocycles. The maximum atomic E-state index is 10.8. The molecule has 0 aromatic heterocycles. The van der Waals surface area contributed by atoms with Crippen LogP contribution in [0.5, 0.6) is 0 Å². The summed E-state index contributed by atoms with van der Waals surface area (Å²) in [6.45, 7) is 13.5. The normalized spacial score (nSPS) is 20.8. The zero-order valence-electron chi connectivity index (χ0n) is 13.2. The lowest BCUT2D eigenvalue weighted by Gasteiger charge is -2.36. The third kappa shape index (κ3) is 4.85. The van der Waals surface area contributed by atoms with Gasteiger partial charge in [0.05, 0.1) is 0 Å². The van der Waals surface area contributed by atoms with Gasteiger partial charge in [0.25, 0.3) is 0 Å². The molecule has 1 N–H and O–H groups in total. The van der Waals surface area contributed by atoms with Gasteiger partial charge >= 0.3 is 5.97 Å². The van der Waals surface area contributed by atoms with Gasteiger partial charge in [-0.1, -0.05) is 64.8 Å². The average molecular weight is 264 g/mol. The molecular formula is C17H28O2. The van der Waals surface area contributed by atoms with Crippen LogP contribution in [0.15, 0.2) is 23.3 Å². The van der Waals surface area contributed by atoms with Crippen LogP contribution in [0.4, 0.5) is 0 Å². The highest BCUT2D eigenvalue weighted by atomic mass is 16.4. The van der Waals surface area contributed by atoms with Gasteiger partial charge < -0.3 is 5.11 Å². The van der Waals surface area contributed by atoms with Gasteiger partial charge in [0, 0.05) is 6.42 Å². The van der Waals surface area contributed by atoms with E-state index < -0.39 is 5.97 Å². The second-order valence-corrected chi connectivity index (χ2v) is 7.73. The first-order chi connectivity index (χ1) is 8.50. The fourth-order valence-corrected chi connectivity index (χ4v) is 2.37. The van der Waals surface area contributed by atoms with E-state index in [1.165, 1.54) is 11.1 Å². The fraction of sp³-hybridized carbons (Fsp3) is 0.706. The highest BCUT2D eigenvalue weighted by Crippen LogP contribution is 2.42. The standard InChI is InChI=1S/C17H28O2/c1-16(2,3)13-9-12(7-8-15(18)19)10-14(11-13)17(4,5)6/h9-10,13H,7-8,11H2,1-6H3,(H,18,19). The molecular weight excluding hydrogens is 236 g/mol. The van der Waals surface area contributed by atoms with Crippen LogP contribution in [0.3, 0.4) is 0 Å². The predicted octanol–water partition coefficient (Wildman–Crippen LogP) is 4.82. The largest absolute Gasteiger partial charge is 0.481 e. The number of carboxylic acids is 1. The Bertz CT molecular complexity index is 400. The Balaban J connectivity index is 2.99. The molecule has 0 heterocycles. The van der Waals surface area contributed by atoms with E-state index in [9.17, 15) is 4.79 Å². The maximum absolute atomic E-state index is 10.8. The van der Waals surface area contributed by atoms with Gasteiger partial charge in [0.1, 0.15) is 0 Å². The molecule has 19 heavy (non-hydrogen) atoms. The van der Waals surface area contributed by atoms with Gasteiger partial charge in [-0.3, -0.25) is 4.79 Å². The Morgan fingerprint density at radius 3 is 2.26 bits per heavy atom. The first-order valence-corrected chi connectivity index (χ1v) is 7.13. The minimum Gasteiger partial charge on any atom is -0.481 e. The van der Waals surface area contributed by atoms with Gasteiger partial charge in [-0.2, -0.15) is 0 Å².